The van der Waals surface area contributed by atoms with Crippen LogP contribution in [0, 0.1) is 12.3 Å². The minimum Gasteiger partial charge on any atom is -0.306 e. The van der Waals surface area contributed by atoms with Gasteiger partial charge in [-0.1, -0.05) is 6.92 Å². The summed E-state index contributed by atoms with van der Waals surface area (Å²) in [6.45, 7) is 4.34. The van der Waals surface area contributed by atoms with Gasteiger partial charge in [-0.15, -0.1) is 23.7 Å². The molecule has 2 unspecified atom stereocenters. The van der Waals surface area contributed by atoms with Crippen LogP contribution in [-0.4, -0.2) is 6.04 Å². The smallest absolute Gasteiger partial charge is 0.0388 e. The summed E-state index contributed by atoms with van der Waals surface area (Å²) in [5, 5.41) is 5.65. The van der Waals surface area contributed by atoms with E-state index in [0.29, 0.717) is 12.1 Å². The van der Waals surface area contributed by atoms with Crippen LogP contribution in [0.5, 0.6) is 0 Å². The molecule has 0 radical (unpaired) electrons. The number of rotatable bonds is 5. The Balaban J connectivity index is 2.54. The third kappa shape index (κ3) is 3.98. The molecule has 0 aromatic carbocycles. The Morgan fingerprint density at radius 2 is 2.40 bits per heavy atom. The van der Waals surface area contributed by atoms with E-state index in [2.05, 4.69) is 52.5 Å². The maximum atomic E-state index is 5.33. The summed E-state index contributed by atoms with van der Waals surface area (Å²) in [6.07, 6.45) is 7.20. The monoisotopic (exact) mass is 285 g/mol. The van der Waals surface area contributed by atoms with Crippen molar-refractivity contribution in [2.24, 2.45) is 0 Å². The zero-order valence-electron chi connectivity index (χ0n) is 9.09. The highest BCUT2D eigenvalue weighted by molar-refractivity contribution is 9.10. The Morgan fingerprint density at radius 1 is 1.67 bits per heavy atom. The lowest BCUT2D eigenvalue weighted by molar-refractivity contribution is 0.453. The van der Waals surface area contributed by atoms with Crippen LogP contribution in [0.1, 0.15) is 37.6 Å². The zero-order valence-corrected chi connectivity index (χ0v) is 11.5. The van der Waals surface area contributed by atoms with Crippen molar-refractivity contribution >= 4 is 27.3 Å². The number of thiophene rings is 1. The van der Waals surface area contributed by atoms with Crippen LogP contribution in [0.4, 0.5) is 0 Å². The van der Waals surface area contributed by atoms with Crippen LogP contribution in [0.15, 0.2) is 15.9 Å². The average molecular weight is 286 g/mol. The van der Waals surface area contributed by atoms with Crippen LogP contribution in [-0.2, 0) is 0 Å². The highest BCUT2D eigenvalue weighted by atomic mass is 79.9. The first kappa shape index (κ1) is 12.8. The Bertz CT molecular complexity index is 340. The SMILES string of the molecule is C#CCC(CC)NC(C)c1cc(Br)cs1. The molecule has 0 spiro atoms. The molecule has 0 saturated carbocycles. The van der Waals surface area contributed by atoms with Crippen LogP contribution in [0.3, 0.4) is 0 Å². The maximum absolute atomic E-state index is 5.33. The second-order valence-corrected chi connectivity index (χ2v) is 5.43. The molecule has 1 aromatic heterocycles. The number of halogens is 1. The lowest BCUT2D eigenvalue weighted by Gasteiger charge is -2.19. The van der Waals surface area contributed by atoms with Crippen molar-refractivity contribution in [1.29, 1.82) is 0 Å². The molecule has 0 saturated heterocycles. The molecule has 82 valence electrons. The molecule has 1 heterocycles. The molecule has 1 aromatic rings. The first-order chi connectivity index (χ1) is 7.17. The minimum absolute atomic E-state index is 0.375. The molecule has 0 aliphatic carbocycles. The number of hydrogen-bond acceptors (Lipinski definition) is 2. The number of nitrogens with one attached hydrogen (secondary N) is 1. The van der Waals surface area contributed by atoms with Crippen molar-refractivity contribution in [2.75, 3.05) is 0 Å². The summed E-state index contributed by atoms with van der Waals surface area (Å²) in [5.74, 6) is 2.71. The minimum atomic E-state index is 0.375. The van der Waals surface area contributed by atoms with Crippen molar-refractivity contribution in [3.8, 4) is 12.3 Å². The summed E-state index contributed by atoms with van der Waals surface area (Å²) in [7, 11) is 0. The molecule has 1 nitrogen and oxygen atoms in total. The molecule has 1 rings (SSSR count). The fourth-order valence-corrected chi connectivity index (χ4v) is 2.92. The van der Waals surface area contributed by atoms with Crippen LogP contribution < -0.4 is 5.32 Å². The second kappa shape index (κ2) is 6.32. The van der Waals surface area contributed by atoms with Gasteiger partial charge in [0.25, 0.3) is 0 Å². The first-order valence-electron chi connectivity index (χ1n) is 5.10. The van der Waals surface area contributed by atoms with Gasteiger partial charge < -0.3 is 5.32 Å². The summed E-state index contributed by atoms with van der Waals surface area (Å²) in [5.41, 5.74) is 0. The topological polar surface area (TPSA) is 12.0 Å². The summed E-state index contributed by atoms with van der Waals surface area (Å²) >= 11 is 5.23. The predicted octanol–water partition coefficient (Wildman–Crippen LogP) is 3.96. The van der Waals surface area contributed by atoms with Gasteiger partial charge >= 0.3 is 0 Å². The molecule has 0 amide bonds. The molecule has 1 N–H and O–H groups in total. The molecule has 0 aliphatic heterocycles. The van der Waals surface area contributed by atoms with E-state index in [0.717, 1.165) is 17.3 Å². The Morgan fingerprint density at radius 3 is 2.87 bits per heavy atom. The van der Waals surface area contributed by atoms with Gasteiger partial charge in [0.05, 0.1) is 0 Å². The molecular weight excluding hydrogens is 270 g/mol. The molecule has 0 fully saturated rings. The quantitative estimate of drug-likeness (QED) is 0.808. The summed E-state index contributed by atoms with van der Waals surface area (Å²) < 4.78 is 1.15. The third-order valence-electron chi connectivity index (χ3n) is 2.36. The van der Waals surface area contributed by atoms with Crippen molar-refractivity contribution in [3.63, 3.8) is 0 Å². The molecule has 3 heteroatoms. The second-order valence-electron chi connectivity index (χ2n) is 3.57. The largest absolute Gasteiger partial charge is 0.306 e. The van der Waals surface area contributed by atoms with Crippen molar-refractivity contribution in [1.82, 2.24) is 5.32 Å². The van der Waals surface area contributed by atoms with Gasteiger partial charge in [-0.05, 0) is 35.3 Å². The summed E-state index contributed by atoms with van der Waals surface area (Å²) in [6, 6.07) is 2.95. The van der Waals surface area contributed by atoms with Gasteiger partial charge in [0.2, 0.25) is 0 Å². The molecule has 15 heavy (non-hydrogen) atoms. The highest BCUT2D eigenvalue weighted by Crippen LogP contribution is 2.25. The van der Waals surface area contributed by atoms with E-state index in [1.165, 1.54) is 4.88 Å². The lowest BCUT2D eigenvalue weighted by Crippen LogP contribution is -2.30. The van der Waals surface area contributed by atoms with Crippen molar-refractivity contribution < 1.29 is 0 Å². The third-order valence-corrected chi connectivity index (χ3v) is 4.23. The van der Waals surface area contributed by atoms with Gasteiger partial charge in [0, 0.05) is 33.2 Å². The predicted molar refractivity (Wildman–Crippen MR) is 71.1 cm³/mol. The number of terminal acetylenes is 1. The van der Waals surface area contributed by atoms with Crippen LogP contribution >= 0.6 is 27.3 Å². The van der Waals surface area contributed by atoms with E-state index in [4.69, 9.17) is 6.42 Å². The van der Waals surface area contributed by atoms with Crippen molar-refractivity contribution in [3.05, 3.63) is 20.8 Å². The molecular formula is C12H16BrNS. The Kier molecular flexibility index (Phi) is 5.38. The Hall–Kier alpha value is -0.300. The van der Waals surface area contributed by atoms with E-state index >= 15 is 0 Å². The fraction of sp³-hybridized carbons (Fsp3) is 0.500. The summed E-state index contributed by atoms with van der Waals surface area (Å²) in [4.78, 5) is 1.34. The van der Waals surface area contributed by atoms with Gasteiger partial charge in [-0.25, -0.2) is 0 Å². The zero-order chi connectivity index (χ0) is 11.3. The fourth-order valence-electron chi connectivity index (χ4n) is 1.45. The van der Waals surface area contributed by atoms with Gasteiger partial charge in [-0.2, -0.15) is 0 Å². The average Bonchev–Trinajstić information content (AvgIpc) is 2.64. The first-order valence-corrected chi connectivity index (χ1v) is 6.78. The maximum Gasteiger partial charge on any atom is 0.0388 e. The van der Waals surface area contributed by atoms with Crippen molar-refractivity contribution in [2.45, 2.75) is 38.8 Å². The van der Waals surface area contributed by atoms with E-state index in [1.807, 2.05) is 0 Å². The van der Waals surface area contributed by atoms with Gasteiger partial charge in [0.15, 0.2) is 0 Å². The molecule has 0 bridgehead atoms. The highest BCUT2D eigenvalue weighted by Gasteiger charge is 2.12. The van der Waals surface area contributed by atoms with E-state index in [1.54, 1.807) is 11.3 Å². The van der Waals surface area contributed by atoms with E-state index in [9.17, 15) is 0 Å². The molecule has 0 aliphatic rings. The molecule has 2 atom stereocenters. The van der Waals surface area contributed by atoms with Crippen LogP contribution in [0.25, 0.3) is 0 Å². The standard InChI is InChI=1S/C12H16BrNS/c1-4-6-11(5-2)14-9(3)12-7-10(13)8-15-12/h1,7-9,11,14H,5-6H2,2-3H3. The van der Waals surface area contributed by atoms with Gasteiger partial charge in [0.1, 0.15) is 0 Å². The normalized spacial score (nSPS) is 14.5. The van der Waals surface area contributed by atoms with Gasteiger partial charge in [-0.3, -0.25) is 0 Å². The number of hydrogen-bond donors (Lipinski definition) is 1. The Labute approximate surface area is 104 Å². The van der Waals surface area contributed by atoms with E-state index in [-0.39, 0.29) is 0 Å². The van der Waals surface area contributed by atoms with Crippen LogP contribution in [0.2, 0.25) is 0 Å². The lowest BCUT2D eigenvalue weighted by atomic mass is 10.1. The van der Waals surface area contributed by atoms with E-state index < -0.39 is 0 Å².